The molecule has 4 nitrogen and oxygen atoms in total. The van der Waals surface area contributed by atoms with Crippen molar-refractivity contribution in [3.05, 3.63) is 0 Å². The third-order valence-corrected chi connectivity index (χ3v) is 1.97. The molecule has 0 heterocycles. The molecule has 0 bridgehead atoms. The first-order chi connectivity index (χ1) is 7.99. The smallest absolute Gasteiger partial charge is 0.382 e. The van der Waals surface area contributed by atoms with Gasteiger partial charge in [-0.25, -0.2) is 0 Å². The van der Waals surface area contributed by atoms with Crippen molar-refractivity contribution in [2.24, 2.45) is 0 Å². The van der Waals surface area contributed by atoms with Crippen LogP contribution >= 0.6 is 0 Å². The van der Waals surface area contributed by atoms with Gasteiger partial charge in [-0.15, -0.1) is 0 Å². The number of hydrogen-bond donors (Lipinski definition) is 1. The minimum atomic E-state index is -4.24. The third-order valence-electron chi connectivity index (χ3n) is 1.97. The van der Waals surface area contributed by atoms with Crippen LogP contribution in [0.25, 0.3) is 0 Å². The van der Waals surface area contributed by atoms with Crippen molar-refractivity contribution in [2.45, 2.75) is 18.7 Å². The second kappa shape index (κ2) is 9.64. The van der Waals surface area contributed by atoms with Crippen molar-refractivity contribution in [1.29, 1.82) is 0 Å². The lowest BCUT2D eigenvalue weighted by Crippen LogP contribution is -2.32. The first-order valence-electron chi connectivity index (χ1n) is 5.36. The lowest BCUT2D eigenvalue weighted by atomic mass is 10.3. The standard InChI is InChI=1S/C10H20F3NO3/c1-15-7-9(16-2)6-14-4-3-5-17-8-10(11,12)13/h9,14H,3-8H2,1-2H3. The fourth-order valence-corrected chi connectivity index (χ4v) is 1.15. The van der Waals surface area contributed by atoms with E-state index in [4.69, 9.17) is 9.47 Å². The SMILES string of the molecule is COCC(CNCCCOCC(F)(F)F)OC. The number of methoxy groups -OCH3 is 2. The summed E-state index contributed by atoms with van der Waals surface area (Å²) >= 11 is 0. The quantitative estimate of drug-likeness (QED) is 0.599. The average Bonchev–Trinajstić information content (AvgIpc) is 2.24. The second-order valence-electron chi connectivity index (χ2n) is 3.54. The molecule has 1 N–H and O–H groups in total. The maximum absolute atomic E-state index is 11.7. The zero-order valence-electron chi connectivity index (χ0n) is 10.2. The van der Waals surface area contributed by atoms with E-state index in [1.165, 1.54) is 0 Å². The van der Waals surface area contributed by atoms with Gasteiger partial charge < -0.3 is 19.5 Å². The normalized spacial score (nSPS) is 13.9. The zero-order valence-corrected chi connectivity index (χ0v) is 10.2. The van der Waals surface area contributed by atoms with E-state index in [9.17, 15) is 13.2 Å². The Labute approximate surface area is 99.4 Å². The summed E-state index contributed by atoms with van der Waals surface area (Å²) in [5.41, 5.74) is 0. The van der Waals surface area contributed by atoms with E-state index in [-0.39, 0.29) is 12.7 Å². The van der Waals surface area contributed by atoms with Crippen molar-refractivity contribution >= 4 is 0 Å². The monoisotopic (exact) mass is 259 g/mol. The molecule has 1 unspecified atom stereocenters. The van der Waals surface area contributed by atoms with Crippen molar-refractivity contribution in [3.8, 4) is 0 Å². The molecule has 0 aromatic heterocycles. The van der Waals surface area contributed by atoms with Crippen molar-refractivity contribution in [2.75, 3.05) is 47.1 Å². The molecule has 104 valence electrons. The molecule has 7 heteroatoms. The first kappa shape index (κ1) is 16.6. The average molecular weight is 259 g/mol. The molecule has 0 radical (unpaired) electrons. The predicted molar refractivity (Wildman–Crippen MR) is 57.0 cm³/mol. The van der Waals surface area contributed by atoms with Crippen LogP contribution in [-0.2, 0) is 14.2 Å². The summed E-state index contributed by atoms with van der Waals surface area (Å²) in [6.45, 7) is 0.574. The maximum atomic E-state index is 11.7. The molecule has 0 saturated heterocycles. The molecule has 0 aromatic carbocycles. The molecule has 17 heavy (non-hydrogen) atoms. The Morgan fingerprint density at radius 2 is 1.94 bits per heavy atom. The lowest BCUT2D eigenvalue weighted by molar-refractivity contribution is -0.173. The van der Waals surface area contributed by atoms with Crippen molar-refractivity contribution in [1.82, 2.24) is 5.32 Å². The Morgan fingerprint density at radius 1 is 1.24 bits per heavy atom. The van der Waals surface area contributed by atoms with Gasteiger partial charge in [0, 0.05) is 27.4 Å². The molecule has 0 spiro atoms. The summed E-state index contributed by atoms with van der Waals surface area (Å²) in [5, 5.41) is 3.05. The van der Waals surface area contributed by atoms with E-state index in [0.717, 1.165) is 0 Å². The van der Waals surface area contributed by atoms with Crippen LogP contribution < -0.4 is 5.32 Å². The molecule has 0 aromatic rings. The molecule has 0 rings (SSSR count). The van der Waals surface area contributed by atoms with Gasteiger partial charge >= 0.3 is 6.18 Å². The molecule has 0 fully saturated rings. The van der Waals surface area contributed by atoms with E-state index in [0.29, 0.717) is 26.1 Å². The number of rotatable bonds is 10. The van der Waals surface area contributed by atoms with E-state index >= 15 is 0 Å². The minimum Gasteiger partial charge on any atom is -0.382 e. The molecule has 0 saturated carbocycles. The van der Waals surface area contributed by atoms with Crippen LogP contribution in [0.15, 0.2) is 0 Å². The molecule has 0 amide bonds. The van der Waals surface area contributed by atoms with Gasteiger partial charge in [-0.1, -0.05) is 0 Å². The summed E-state index contributed by atoms with van der Waals surface area (Å²) in [7, 11) is 3.16. The summed E-state index contributed by atoms with van der Waals surface area (Å²) in [4.78, 5) is 0. The Balaban J connectivity index is 3.28. The number of halogens is 3. The minimum absolute atomic E-state index is 0.0453. The van der Waals surface area contributed by atoms with Gasteiger partial charge in [0.2, 0.25) is 0 Å². The fourth-order valence-electron chi connectivity index (χ4n) is 1.15. The van der Waals surface area contributed by atoms with E-state index in [1.807, 2.05) is 0 Å². The highest BCUT2D eigenvalue weighted by atomic mass is 19.4. The van der Waals surface area contributed by atoms with Crippen LogP contribution in [0, 0.1) is 0 Å². The summed E-state index contributed by atoms with van der Waals surface area (Å²) in [6.07, 6.45) is -3.76. The molecular weight excluding hydrogens is 239 g/mol. The van der Waals surface area contributed by atoms with Gasteiger partial charge in [-0.3, -0.25) is 0 Å². The van der Waals surface area contributed by atoms with Crippen LogP contribution in [0.1, 0.15) is 6.42 Å². The van der Waals surface area contributed by atoms with E-state index < -0.39 is 12.8 Å². The number of alkyl halides is 3. The van der Waals surface area contributed by atoms with Crippen LogP contribution in [-0.4, -0.2) is 59.4 Å². The van der Waals surface area contributed by atoms with Crippen molar-refractivity contribution in [3.63, 3.8) is 0 Å². The van der Waals surface area contributed by atoms with Gasteiger partial charge in [-0.2, -0.15) is 13.2 Å². The molecule has 0 aliphatic rings. The van der Waals surface area contributed by atoms with Gasteiger partial charge in [0.1, 0.15) is 6.61 Å². The molecule has 1 atom stereocenters. The van der Waals surface area contributed by atoms with Crippen LogP contribution in [0.3, 0.4) is 0 Å². The Bertz CT molecular complexity index is 179. The summed E-state index contributed by atoms with van der Waals surface area (Å²) < 4.78 is 49.6. The first-order valence-corrected chi connectivity index (χ1v) is 5.36. The molecular formula is C10H20F3NO3. The highest BCUT2D eigenvalue weighted by Crippen LogP contribution is 2.14. The maximum Gasteiger partial charge on any atom is 0.411 e. The fraction of sp³-hybridized carbons (Fsp3) is 1.00. The summed E-state index contributed by atoms with van der Waals surface area (Å²) in [6, 6.07) is 0. The third kappa shape index (κ3) is 11.9. The Kier molecular flexibility index (Phi) is 9.43. The van der Waals surface area contributed by atoms with E-state index in [1.54, 1.807) is 14.2 Å². The zero-order chi connectivity index (χ0) is 13.1. The summed E-state index contributed by atoms with van der Waals surface area (Å²) in [5.74, 6) is 0. The number of nitrogens with one attached hydrogen (secondary N) is 1. The van der Waals surface area contributed by atoms with E-state index in [2.05, 4.69) is 10.1 Å². The number of hydrogen-bond acceptors (Lipinski definition) is 4. The topological polar surface area (TPSA) is 39.7 Å². The highest BCUT2D eigenvalue weighted by molar-refractivity contribution is 4.60. The predicted octanol–water partition coefficient (Wildman–Crippen LogP) is 1.21. The van der Waals surface area contributed by atoms with Crippen LogP contribution in [0.2, 0.25) is 0 Å². The second-order valence-corrected chi connectivity index (χ2v) is 3.54. The molecule has 0 aliphatic carbocycles. The van der Waals surface area contributed by atoms with Gasteiger partial charge in [0.05, 0.1) is 12.7 Å². The highest BCUT2D eigenvalue weighted by Gasteiger charge is 2.27. The molecule has 0 aliphatic heterocycles. The van der Waals surface area contributed by atoms with Crippen molar-refractivity contribution < 1.29 is 27.4 Å². The van der Waals surface area contributed by atoms with Gasteiger partial charge in [-0.05, 0) is 13.0 Å². The number of ether oxygens (including phenoxy) is 3. The van der Waals surface area contributed by atoms with Gasteiger partial charge in [0.25, 0.3) is 0 Å². The Hall–Kier alpha value is -0.370. The van der Waals surface area contributed by atoms with Crippen LogP contribution in [0.5, 0.6) is 0 Å². The largest absolute Gasteiger partial charge is 0.411 e. The van der Waals surface area contributed by atoms with Crippen LogP contribution in [0.4, 0.5) is 13.2 Å². The lowest BCUT2D eigenvalue weighted by Gasteiger charge is -2.15. The Morgan fingerprint density at radius 3 is 2.47 bits per heavy atom. The van der Waals surface area contributed by atoms with Gasteiger partial charge in [0.15, 0.2) is 0 Å².